The van der Waals surface area contributed by atoms with Crippen molar-refractivity contribution in [3.8, 4) is 17.2 Å². The van der Waals surface area contributed by atoms with Crippen molar-refractivity contribution >= 4 is 5.97 Å². The van der Waals surface area contributed by atoms with E-state index >= 15 is 0 Å². The molecule has 3 aromatic carbocycles. The smallest absolute Gasteiger partial charge is 0.305 e. The molecule has 1 aliphatic rings. The second-order valence-corrected chi connectivity index (χ2v) is 10.5. The highest BCUT2D eigenvalue weighted by atomic mass is 16.5. The Morgan fingerprint density at radius 3 is 2.32 bits per heavy atom. The summed E-state index contributed by atoms with van der Waals surface area (Å²) in [5.41, 5.74) is 5.05. The molecule has 4 rings (SSSR count). The van der Waals surface area contributed by atoms with Crippen LogP contribution in [0.25, 0.3) is 11.1 Å². The Hall–Kier alpha value is -3.76. The standard InChI is InChI=1S/C35H39NO5/c1-39-35(38)12-8-3-2-7-11-31-32(25-40-23-27-15-13-26(22-36)14-16-27)33(37)21-34(31)41-24-28-17-19-30(20-18-28)29-9-5-4-6-10-29/h2,4-7,9-10,13-20,31-34,37H,3,8,11-12,21,23-25H2,1H3/b7-2-/t31-,32-,33-,34-/m1/s1. The summed E-state index contributed by atoms with van der Waals surface area (Å²) in [6.45, 7) is 1.32. The van der Waals surface area contributed by atoms with E-state index in [0.29, 0.717) is 38.2 Å². The predicted molar refractivity (Wildman–Crippen MR) is 158 cm³/mol. The van der Waals surface area contributed by atoms with Crippen LogP contribution in [0.15, 0.2) is 91.0 Å². The number of hydrogen-bond donors (Lipinski definition) is 1. The molecule has 1 N–H and O–H groups in total. The SMILES string of the molecule is COC(=O)CCC/C=C\C[C@@H]1[C@@H](COCc2ccc(C#N)cc2)[C@H](O)C[C@H]1OCc1ccc(-c2ccccc2)cc1. The van der Waals surface area contributed by atoms with Gasteiger partial charge in [-0.3, -0.25) is 4.79 Å². The van der Waals surface area contributed by atoms with E-state index in [0.717, 1.165) is 30.4 Å². The number of hydrogen-bond acceptors (Lipinski definition) is 6. The lowest BCUT2D eigenvalue weighted by Crippen LogP contribution is -2.27. The Bertz CT molecular complexity index is 1280. The summed E-state index contributed by atoms with van der Waals surface area (Å²) in [5.74, 6) is -0.146. The summed E-state index contributed by atoms with van der Waals surface area (Å²) >= 11 is 0. The number of methoxy groups -OCH3 is 1. The summed E-state index contributed by atoms with van der Waals surface area (Å²) in [7, 11) is 1.41. The maximum Gasteiger partial charge on any atom is 0.305 e. The van der Waals surface area contributed by atoms with Gasteiger partial charge in [-0.05, 0) is 59.6 Å². The number of ether oxygens (including phenoxy) is 3. The Kier molecular flexibility index (Phi) is 11.7. The van der Waals surface area contributed by atoms with Gasteiger partial charge in [-0.15, -0.1) is 0 Å². The molecule has 4 atom stereocenters. The third kappa shape index (κ3) is 9.12. The number of unbranched alkanes of at least 4 members (excludes halogenated alkanes) is 1. The molecule has 0 amide bonds. The van der Waals surface area contributed by atoms with Gasteiger partial charge in [0.2, 0.25) is 0 Å². The minimum atomic E-state index is -0.515. The van der Waals surface area contributed by atoms with Gasteiger partial charge in [0.25, 0.3) is 0 Å². The third-order valence-corrected chi connectivity index (χ3v) is 7.74. The fourth-order valence-corrected chi connectivity index (χ4v) is 5.35. The van der Waals surface area contributed by atoms with Gasteiger partial charge < -0.3 is 19.3 Å². The van der Waals surface area contributed by atoms with Gasteiger partial charge in [-0.2, -0.15) is 5.26 Å². The molecule has 1 saturated carbocycles. The molecular weight excluding hydrogens is 514 g/mol. The van der Waals surface area contributed by atoms with E-state index in [1.54, 1.807) is 12.1 Å². The fourth-order valence-electron chi connectivity index (χ4n) is 5.35. The number of benzene rings is 3. The average molecular weight is 554 g/mol. The quantitative estimate of drug-likeness (QED) is 0.137. The molecule has 1 aliphatic carbocycles. The minimum Gasteiger partial charge on any atom is -0.469 e. The second kappa shape index (κ2) is 15.9. The molecular formula is C35H39NO5. The summed E-state index contributed by atoms with van der Waals surface area (Å²) in [5, 5.41) is 20.0. The number of carbonyl (C=O) groups is 1. The van der Waals surface area contributed by atoms with Crippen molar-refractivity contribution in [3.63, 3.8) is 0 Å². The first-order chi connectivity index (χ1) is 20.1. The maximum atomic E-state index is 11.4. The van der Waals surface area contributed by atoms with Crippen molar-refractivity contribution < 1.29 is 24.1 Å². The van der Waals surface area contributed by atoms with Gasteiger partial charge >= 0.3 is 5.97 Å². The zero-order valence-electron chi connectivity index (χ0n) is 23.7. The zero-order chi connectivity index (χ0) is 28.9. The highest BCUT2D eigenvalue weighted by Gasteiger charge is 2.42. The molecule has 0 unspecified atom stereocenters. The Morgan fingerprint density at radius 1 is 0.927 bits per heavy atom. The average Bonchev–Trinajstić information content (AvgIpc) is 3.32. The van der Waals surface area contributed by atoms with E-state index < -0.39 is 6.10 Å². The number of esters is 1. The van der Waals surface area contributed by atoms with Crippen LogP contribution in [0.1, 0.15) is 48.8 Å². The van der Waals surface area contributed by atoms with E-state index in [1.165, 1.54) is 18.2 Å². The number of aliphatic hydroxyl groups excluding tert-OH is 1. The molecule has 6 heteroatoms. The van der Waals surface area contributed by atoms with Crippen LogP contribution in [-0.2, 0) is 32.2 Å². The highest BCUT2D eigenvalue weighted by molar-refractivity contribution is 5.69. The number of aliphatic hydroxyl groups is 1. The van der Waals surface area contributed by atoms with Crippen LogP contribution in [0.5, 0.6) is 0 Å². The minimum absolute atomic E-state index is 0.0569. The number of nitrogens with zero attached hydrogens (tertiary/aromatic N) is 1. The van der Waals surface area contributed by atoms with Crippen molar-refractivity contribution in [2.75, 3.05) is 13.7 Å². The number of carbonyl (C=O) groups excluding carboxylic acids is 1. The van der Waals surface area contributed by atoms with Gasteiger partial charge in [-0.25, -0.2) is 0 Å². The predicted octanol–water partition coefficient (Wildman–Crippen LogP) is 6.61. The van der Waals surface area contributed by atoms with Crippen molar-refractivity contribution in [2.45, 2.75) is 57.5 Å². The number of rotatable bonds is 14. The normalized spacial score (nSPS) is 20.2. The van der Waals surface area contributed by atoms with Gasteiger partial charge in [0.1, 0.15) is 0 Å². The van der Waals surface area contributed by atoms with Gasteiger partial charge in [0.15, 0.2) is 0 Å². The molecule has 1 fully saturated rings. The lowest BCUT2D eigenvalue weighted by atomic mass is 9.90. The highest BCUT2D eigenvalue weighted by Crippen LogP contribution is 2.38. The maximum absolute atomic E-state index is 11.4. The zero-order valence-corrected chi connectivity index (χ0v) is 23.7. The Labute approximate surface area is 243 Å². The van der Waals surface area contributed by atoms with Gasteiger partial charge in [-0.1, -0.05) is 78.9 Å². The summed E-state index contributed by atoms with van der Waals surface area (Å²) < 4.78 is 17.2. The topological polar surface area (TPSA) is 88.8 Å². The monoisotopic (exact) mass is 553 g/mol. The largest absolute Gasteiger partial charge is 0.469 e. The van der Waals surface area contributed by atoms with E-state index in [-0.39, 0.29) is 23.9 Å². The van der Waals surface area contributed by atoms with Crippen molar-refractivity contribution in [1.82, 2.24) is 0 Å². The van der Waals surface area contributed by atoms with Crippen molar-refractivity contribution in [3.05, 3.63) is 108 Å². The summed E-state index contributed by atoms with van der Waals surface area (Å²) in [6.07, 6.45) is 6.90. The van der Waals surface area contributed by atoms with Crippen LogP contribution in [0.2, 0.25) is 0 Å². The third-order valence-electron chi connectivity index (χ3n) is 7.74. The van der Waals surface area contributed by atoms with Crippen LogP contribution in [0.3, 0.4) is 0 Å². The molecule has 3 aromatic rings. The molecule has 0 heterocycles. The van der Waals surface area contributed by atoms with Crippen LogP contribution >= 0.6 is 0 Å². The molecule has 0 bridgehead atoms. The summed E-state index contributed by atoms with van der Waals surface area (Å²) in [4.78, 5) is 11.4. The Morgan fingerprint density at radius 2 is 1.61 bits per heavy atom. The molecule has 0 radical (unpaired) electrons. The van der Waals surface area contributed by atoms with Crippen LogP contribution in [0, 0.1) is 23.2 Å². The number of nitriles is 1. The number of allylic oxidation sites excluding steroid dienone is 2. The fraction of sp³-hybridized carbons (Fsp3) is 0.371. The molecule has 0 aliphatic heterocycles. The van der Waals surface area contributed by atoms with Crippen LogP contribution in [-0.4, -0.2) is 37.0 Å². The lowest BCUT2D eigenvalue weighted by Gasteiger charge is -2.25. The van der Waals surface area contributed by atoms with Crippen LogP contribution in [0.4, 0.5) is 0 Å². The first-order valence-electron chi connectivity index (χ1n) is 14.3. The van der Waals surface area contributed by atoms with E-state index in [4.69, 9.17) is 19.5 Å². The molecule has 0 spiro atoms. The molecule has 214 valence electrons. The first-order valence-corrected chi connectivity index (χ1v) is 14.3. The van der Waals surface area contributed by atoms with Crippen LogP contribution < -0.4 is 0 Å². The lowest BCUT2D eigenvalue weighted by molar-refractivity contribution is -0.140. The molecule has 41 heavy (non-hydrogen) atoms. The van der Waals surface area contributed by atoms with E-state index in [2.05, 4.69) is 54.6 Å². The molecule has 0 aromatic heterocycles. The molecule has 0 saturated heterocycles. The second-order valence-electron chi connectivity index (χ2n) is 10.5. The molecule has 6 nitrogen and oxygen atoms in total. The van der Waals surface area contributed by atoms with E-state index in [9.17, 15) is 9.90 Å². The van der Waals surface area contributed by atoms with Crippen molar-refractivity contribution in [1.29, 1.82) is 5.26 Å². The Balaban J connectivity index is 1.35. The first kappa shape index (κ1) is 30.2. The van der Waals surface area contributed by atoms with E-state index in [1.807, 2.05) is 30.3 Å². The van der Waals surface area contributed by atoms with Crippen molar-refractivity contribution in [2.24, 2.45) is 11.8 Å². The van der Waals surface area contributed by atoms with Gasteiger partial charge in [0, 0.05) is 18.8 Å². The van der Waals surface area contributed by atoms with Gasteiger partial charge in [0.05, 0.1) is 50.8 Å². The summed E-state index contributed by atoms with van der Waals surface area (Å²) in [6, 6.07) is 28.2.